The van der Waals surface area contributed by atoms with Gasteiger partial charge < -0.3 is 29.2 Å². The van der Waals surface area contributed by atoms with Gasteiger partial charge >= 0.3 is 6.01 Å². The van der Waals surface area contributed by atoms with Crippen LogP contribution in [0.4, 0.5) is 11.5 Å². The van der Waals surface area contributed by atoms with E-state index in [4.69, 9.17) is 21.3 Å². The summed E-state index contributed by atoms with van der Waals surface area (Å²) >= 11 is 0. The number of likely N-dealkylation sites (N-methyl/N-ethyl adjacent to an activating group) is 1. The molecule has 240 valence electrons. The lowest BCUT2D eigenvalue weighted by Gasteiger charge is -2.41. The van der Waals surface area contributed by atoms with Gasteiger partial charge in [0.2, 0.25) is 12.5 Å². The number of anilines is 2. The summed E-state index contributed by atoms with van der Waals surface area (Å²) in [6, 6.07) is 13.7. The molecule has 3 aliphatic rings. The van der Waals surface area contributed by atoms with Crippen molar-refractivity contribution >= 4 is 55.2 Å². The van der Waals surface area contributed by atoms with E-state index in [-0.39, 0.29) is 45.5 Å². The number of rotatable bonds is 8. The van der Waals surface area contributed by atoms with Gasteiger partial charge in [-0.25, -0.2) is 6.57 Å². The molecular formula is C34H45N7O2S2. The molecule has 2 atom stereocenters. The normalized spacial score (nSPS) is 19.7. The number of ether oxygens (including phenoxy) is 1. The number of nitrogens with zero attached hydrogens (tertiary/aromatic N) is 7. The molecule has 9 nitrogen and oxygen atoms in total. The van der Waals surface area contributed by atoms with E-state index in [1.165, 1.54) is 34.5 Å². The molecule has 0 spiro atoms. The number of carbonyl (C=O) groups is 1. The van der Waals surface area contributed by atoms with E-state index in [2.05, 4.69) is 76.5 Å². The maximum absolute atomic E-state index is 12.6. The van der Waals surface area contributed by atoms with Gasteiger partial charge in [-0.3, -0.25) is 4.79 Å². The minimum Gasteiger partial charge on any atom is -0.462 e. The molecule has 3 aliphatic heterocycles. The Balaban J connectivity index is 0.00000230. The van der Waals surface area contributed by atoms with Crippen LogP contribution in [0.25, 0.3) is 15.6 Å². The Morgan fingerprint density at radius 1 is 1.09 bits per heavy atom. The molecule has 1 aromatic heterocycles. The molecule has 0 N–H and O–H groups in total. The monoisotopic (exact) mass is 647 g/mol. The lowest BCUT2D eigenvalue weighted by atomic mass is 9.98. The first-order valence-corrected chi connectivity index (χ1v) is 15.5. The van der Waals surface area contributed by atoms with Crippen molar-refractivity contribution in [2.75, 3.05) is 62.7 Å². The Hall–Kier alpha value is -3.46. The smallest absolute Gasteiger partial charge is 0.318 e. The molecule has 0 unspecified atom stereocenters. The molecule has 1 amide bonds. The molecule has 0 saturated carbocycles. The Labute approximate surface area is 281 Å². The zero-order chi connectivity index (χ0) is 29.9. The summed E-state index contributed by atoms with van der Waals surface area (Å²) in [7, 11) is 2.15. The van der Waals surface area contributed by atoms with E-state index >= 15 is 0 Å². The highest BCUT2D eigenvalue weighted by Gasteiger charge is 2.35. The highest BCUT2D eigenvalue weighted by atomic mass is 32.1. The summed E-state index contributed by atoms with van der Waals surface area (Å²) in [4.78, 5) is 35.0. The first-order chi connectivity index (χ1) is 21.0. The fraction of sp³-hybridized carbons (Fsp3) is 0.471. The second kappa shape index (κ2) is 15.2. The average molecular weight is 648 g/mol. The summed E-state index contributed by atoms with van der Waals surface area (Å²) in [5, 5.41) is 2.57. The molecule has 6 rings (SSSR count). The van der Waals surface area contributed by atoms with Crippen LogP contribution in [-0.4, -0.2) is 90.7 Å². The third-order valence-corrected chi connectivity index (χ3v) is 9.33. The minimum atomic E-state index is -0.220. The standard InChI is InChI=1S/C34H41N7O2.2H2S/c1-5-24-10-7-11-25-12-8-14-30(32(24)25)39-17-15-28-29(22-39)36-34(43-23-26-13-9-16-38(26)4)37-33(28)40-18-19-41(31(42)6-2)27(21-40)20-35-3;;/h6-8,10-12,14,26-27H,2,5,9,13,15-23H2,1,4H3;2*1H2/t26-,27-;;/m0../s1. The minimum absolute atomic E-state index is 0. The maximum Gasteiger partial charge on any atom is 0.318 e. The van der Waals surface area contributed by atoms with Gasteiger partial charge in [-0.2, -0.15) is 37.0 Å². The van der Waals surface area contributed by atoms with Crippen LogP contribution in [-0.2, 0) is 24.2 Å². The Morgan fingerprint density at radius 3 is 2.60 bits per heavy atom. The molecule has 3 aromatic rings. The molecule has 2 aromatic carbocycles. The third kappa shape index (κ3) is 7.03. The molecule has 2 saturated heterocycles. The van der Waals surface area contributed by atoms with Crippen LogP contribution in [0.15, 0.2) is 49.1 Å². The largest absolute Gasteiger partial charge is 0.462 e. The number of carbonyl (C=O) groups excluding carboxylic acids is 1. The van der Waals surface area contributed by atoms with Gasteiger partial charge in [0, 0.05) is 48.9 Å². The Bertz CT molecular complexity index is 1560. The number of aromatic nitrogens is 2. The molecule has 0 radical (unpaired) electrons. The van der Waals surface area contributed by atoms with Crippen molar-refractivity contribution in [3.8, 4) is 6.01 Å². The average Bonchev–Trinajstić information content (AvgIpc) is 3.46. The van der Waals surface area contributed by atoms with E-state index in [1.807, 2.05) is 0 Å². The summed E-state index contributed by atoms with van der Waals surface area (Å²) in [6.45, 7) is 18.5. The first kappa shape index (κ1) is 34.4. The van der Waals surface area contributed by atoms with E-state index in [0.29, 0.717) is 44.8 Å². The number of hydrogen-bond acceptors (Lipinski definition) is 7. The number of hydrogen-bond donors (Lipinski definition) is 0. The van der Waals surface area contributed by atoms with Crippen LogP contribution < -0.4 is 14.5 Å². The van der Waals surface area contributed by atoms with Gasteiger partial charge in [-0.05, 0) is 62.4 Å². The van der Waals surface area contributed by atoms with Crippen LogP contribution in [0.2, 0.25) is 0 Å². The fourth-order valence-electron chi connectivity index (χ4n) is 6.95. The van der Waals surface area contributed by atoms with Crippen molar-refractivity contribution in [2.45, 2.75) is 51.2 Å². The molecule has 45 heavy (non-hydrogen) atoms. The SMILES string of the molecule is S.S.[C-]#[N+]C[C@H]1CN(c2nc(OC[C@@H]3CCCN3C)nc3c2CCN(c2cccc4cccc(CC)c24)C3)CCN1C(=O)C=C. The second-order valence-electron chi connectivity index (χ2n) is 11.8. The third-order valence-electron chi connectivity index (χ3n) is 9.33. The topological polar surface area (TPSA) is 69.4 Å². The zero-order valence-electron chi connectivity index (χ0n) is 26.3. The van der Waals surface area contributed by atoms with Crippen LogP contribution in [0, 0.1) is 6.57 Å². The molecule has 0 aliphatic carbocycles. The second-order valence-corrected chi connectivity index (χ2v) is 11.8. The van der Waals surface area contributed by atoms with E-state index < -0.39 is 0 Å². The first-order valence-electron chi connectivity index (χ1n) is 15.5. The highest BCUT2D eigenvalue weighted by molar-refractivity contribution is 7.59. The van der Waals surface area contributed by atoms with Gasteiger partial charge in [-0.15, -0.1) is 0 Å². The molecule has 0 bridgehead atoms. The summed E-state index contributed by atoms with van der Waals surface area (Å²) in [5.41, 5.74) is 4.72. The molecule has 11 heteroatoms. The molecule has 4 heterocycles. The number of amides is 1. The van der Waals surface area contributed by atoms with E-state index in [0.717, 1.165) is 49.4 Å². The van der Waals surface area contributed by atoms with Crippen molar-refractivity contribution in [3.05, 3.63) is 77.3 Å². The highest BCUT2D eigenvalue weighted by Crippen LogP contribution is 2.36. The van der Waals surface area contributed by atoms with Crippen molar-refractivity contribution in [1.29, 1.82) is 0 Å². The molecule has 2 fully saturated rings. The number of fused-ring (bicyclic) bond motifs is 2. The zero-order valence-corrected chi connectivity index (χ0v) is 28.3. The van der Waals surface area contributed by atoms with Crippen LogP contribution >= 0.6 is 27.0 Å². The number of likely N-dealkylation sites (tertiary alicyclic amines) is 1. The van der Waals surface area contributed by atoms with E-state index in [1.54, 1.807) is 4.90 Å². The van der Waals surface area contributed by atoms with Gasteiger partial charge in [-0.1, -0.05) is 43.8 Å². The fourth-order valence-corrected chi connectivity index (χ4v) is 6.95. The van der Waals surface area contributed by atoms with Crippen LogP contribution in [0.5, 0.6) is 6.01 Å². The van der Waals surface area contributed by atoms with Gasteiger partial charge in [0.25, 0.3) is 0 Å². The summed E-state index contributed by atoms with van der Waals surface area (Å²) in [6.07, 6.45) is 5.42. The van der Waals surface area contributed by atoms with Crippen LogP contribution in [0.3, 0.4) is 0 Å². The number of piperazine rings is 1. The lowest BCUT2D eigenvalue weighted by molar-refractivity contribution is -0.128. The lowest BCUT2D eigenvalue weighted by Crippen LogP contribution is -2.56. The Kier molecular flexibility index (Phi) is 11.6. The summed E-state index contributed by atoms with van der Waals surface area (Å²) < 4.78 is 6.32. The predicted molar refractivity (Wildman–Crippen MR) is 191 cm³/mol. The van der Waals surface area contributed by atoms with Gasteiger partial charge in [0.1, 0.15) is 18.5 Å². The number of benzene rings is 2. The molecular weight excluding hydrogens is 603 g/mol. The van der Waals surface area contributed by atoms with Gasteiger partial charge in [0.05, 0.1) is 12.2 Å². The number of aryl methyl sites for hydroxylation is 1. The van der Waals surface area contributed by atoms with Crippen molar-refractivity contribution in [1.82, 2.24) is 19.8 Å². The predicted octanol–water partition coefficient (Wildman–Crippen LogP) is 4.58. The van der Waals surface area contributed by atoms with Crippen molar-refractivity contribution < 1.29 is 9.53 Å². The van der Waals surface area contributed by atoms with E-state index in [9.17, 15) is 4.79 Å². The van der Waals surface area contributed by atoms with Crippen LogP contribution in [0.1, 0.15) is 36.6 Å². The maximum atomic E-state index is 12.6. The Morgan fingerprint density at radius 2 is 1.89 bits per heavy atom. The summed E-state index contributed by atoms with van der Waals surface area (Å²) in [5.74, 6) is 0.757. The van der Waals surface area contributed by atoms with Gasteiger partial charge in [0.15, 0.2) is 0 Å². The van der Waals surface area contributed by atoms with Crippen molar-refractivity contribution in [3.63, 3.8) is 0 Å². The quantitative estimate of drug-likeness (QED) is 0.262. The van der Waals surface area contributed by atoms with Crippen molar-refractivity contribution in [2.24, 2.45) is 0 Å².